The Labute approximate surface area is 135 Å². The van der Waals surface area contributed by atoms with Crippen molar-refractivity contribution in [3.05, 3.63) is 84.4 Å². The highest BCUT2D eigenvalue weighted by atomic mass is 16.5. The van der Waals surface area contributed by atoms with Crippen LogP contribution in [0.2, 0.25) is 0 Å². The second-order valence-corrected chi connectivity index (χ2v) is 5.16. The third kappa shape index (κ3) is 4.49. The maximum Gasteiger partial charge on any atom is 0.127 e. The van der Waals surface area contributed by atoms with Gasteiger partial charge in [0.05, 0.1) is 0 Å². The minimum absolute atomic E-state index is 0.688. The van der Waals surface area contributed by atoms with Crippen molar-refractivity contribution >= 4 is 11.4 Å². The largest absolute Gasteiger partial charge is 0.457 e. The van der Waals surface area contributed by atoms with Crippen molar-refractivity contribution < 1.29 is 4.74 Å². The molecule has 4 N–H and O–H groups in total. The van der Waals surface area contributed by atoms with E-state index in [1.807, 2.05) is 72.8 Å². The molecule has 4 heteroatoms. The molecule has 3 rings (SSSR count). The fourth-order valence-electron chi connectivity index (χ4n) is 2.16. The van der Waals surface area contributed by atoms with E-state index in [4.69, 9.17) is 10.5 Å². The first kappa shape index (κ1) is 14.9. The van der Waals surface area contributed by atoms with Crippen LogP contribution in [0.25, 0.3) is 0 Å². The average Bonchev–Trinajstić information content (AvgIpc) is 2.58. The number of benzene rings is 3. The van der Waals surface area contributed by atoms with Gasteiger partial charge in [0.2, 0.25) is 0 Å². The number of ether oxygens (including phenoxy) is 1. The van der Waals surface area contributed by atoms with E-state index in [9.17, 15) is 0 Å². The van der Waals surface area contributed by atoms with Crippen molar-refractivity contribution in [1.82, 2.24) is 5.43 Å². The van der Waals surface area contributed by atoms with Gasteiger partial charge in [-0.2, -0.15) is 0 Å². The van der Waals surface area contributed by atoms with E-state index in [1.54, 1.807) is 0 Å². The van der Waals surface area contributed by atoms with Crippen LogP contribution >= 0.6 is 0 Å². The van der Waals surface area contributed by atoms with Crippen LogP contribution in [0.4, 0.5) is 11.4 Å². The fourth-order valence-corrected chi connectivity index (χ4v) is 2.16. The first-order valence-corrected chi connectivity index (χ1v) is 7.46. The highest BCUT2D eigenvalue weighted by Gasteiger charge is 1.99. The maximum absolute atomic E-state index is 5.83. The number of para-hydroxylation sites is 1. The van der Waals surface area contributed by atoms with E-state index in [0.717, 1.165) is 28.4 Å². The second kappa shape index (κ2) is 7.33. The van der Waals surface area contributed by atoms with E-state index in [-0.39, 0.29) is 0 Å². The Hall–Kier alpha value is -2.98. The summed E-state index contributed by atoms with van der Waals surface area (Å²) >= 11 is 0. The lowest BCUT2D eigenvalue weighted by molar-refractivity contribution is 0.482. The molecule has 0 radical (unpaired) electrons. The Morgan fingerprint density at radius 1 is 0.783 bits per heavy atom. The molecule has 0 unspecified atom stereocenters. The lowest BCUT2D eigenvalue weighted by atomic mass is 10.2. The number of hydrogen-bond acceptors (Lipinski definition) is 4. The molecular formula is C19H19N3O. The van der Waals surface area contributed by atoms with Gasteiger partial charge in [-0.25, -0.2) is 5.43 Å². The van der Waals surface area contributed by atoms with Gasteiger partial charge in [-0.3, -0.25) is 0 Å². The lowest BCUT2D eigenvalue weighted by Gasteiger charge is -2.10. The molecule has 0 aliphatic carbocycles. The Kier molecular flexibility index (Phi) is 4.76. The third-order valence-corrected chi connectivity index (χ3v) is 3.31. The first-order valence-electron chi connectivity index (χ1n) is 7.46. The number of nitrogens with two attached hydrogens (primary N) is 1. The molecule has 0 amide bonds. The molecule has 0 atom stereocenters. The van der Waals surface area contributed by atoms with E-state index in [2.05, 4.69) is 16.9 Å². The zero-order chi connectivity index (χ0) is 15.9. The van der Waals surface area contributed by atoms with Crippen LogP contribution in [0.15, 0.2) is 78.9 Å². The molecule has 0 aliphatic heterocycles. The Balaban J connectivity index is 1.57. The van der Waals surface area contributed by atoms with Crippen molar-refractivity contribution in [3.63, 3.8) is 0 Å². The van der Waals surface area contributed by atoms with Crippen molar-refractivity contribution in [3.8, 4) is 11.5 Å². The SMILES string of the molecule is Nc1ccc(Oc2cccc(CNNc3ccccc3)c2)cc1. The number of nitrogens with one attached hydrogen (secondary N) is 2. The van der Waals surface area contributed by atoms with Crippen LogP contribution in [0.3, 0.4) is 0 Å². The highest BCUT2D eigenvalue weighted by Crippen LogP contribution is 2.23. The predicted molar refractivity (Wildman–Crippen MR) is 94.3 cm³/mol. The van der Waals surface area contributed by atoms with E-state index in [0.29, 0.717) is 6.54 Å². The van der Waals surface area contributed by atoms with Gasteiger partial charge in [0.25, 0.3) is 0 Å². The number of hydrogen-bond donors (Lipinski definition) is 3. The van der Waals surface area contributed by atoms with E-state index < -0.39 is 0 Å². The van der Waals surface area contributed by atoms with Crippen LogP contribution in [-0.4, -0.2) is 0 Å². The number of hydrazine groups is 1. The second-order valence-electron chi connectivity index (χ2n) is 5.16. The summed E-state index contributed by atoms with van der Waals surface area (Å²) in [5, 5.41) is 0. The predicted octanol–water partition coefficient (Wildman–Crippen LogP) is 4.18. The molecule has 0 heterocycles. The van der Waals surface area contributed by atoms with Gasteiger partial charge < -0.3 is 15.9 Å². The fraction of sp³-hybridized carbons (Fsp3) is 0.0526. The standard InChI is InChI=1S/C19H19N3O/c20-16-9-11-18(12-10-16)23-19-8-4-5-15(13-19)14-21-22-17-6-2-1-3-7-17/h1-13,21-22H,14,20H2. The highest BCUT2D eigenvalue weighted by molar-refractivity contribution is 5.43. The minimum Gasteiger partial charge on any atom is -0.457 e. The molecule has 116 valence electrons. The molecule has 0 saturated carbocycles. The molecule has 0 fully saturated rings. The van der Waals surface area contributed by atoms with Crippen molar-refractivity contribution in [2.75, 3.05) is 11.2 Å². The molecule has 3 aromatic carbocycles. The summed E-state index contributed by atoms with van der Waals surface area (Å²) < 4.78 is 5.83. The van der Waals surface area contributed by atoms with Gasteiger partial charge in [-0.05, 0) is 54.1 Å². The van der Waals surface area contributed by atoms with Gasteiger partial charge >= 0.3 is 0 Å². The molecule has 4 nitrogen and oxygen atoms in total. The Bertz CT molecular complexity index is 742. The van der Waals surface area contributed by atoms with Gasteiger partial charge in [0, 0.05) is 17.9 Å². The normalized spacial score (nSPS) is 10.3. The monoisotopic (exact) mass is 305 g/mol. The van der Waals surface area contributed by atoms with Crippen molar-refractivity contribution in [2.45, 2.75) is 6.54 Å². The molecule has 3 aromatic rings. The van der Waals surface area contributed by atoms with Crippen molar-refractivity contribution in [2.24, 2.45) is 0 Å². The Morgan fingerprint density at radius 3 is 2.35 bits per heavy atom. The summed E-state index contributed by atoms with van der Waals surface area (Å²) in [4.78, 5) is 0. The molecule has 0 spiro atoms. The summed E-state index contributed by atoms with van der Waals surface area (Å²) in [6.45, 7) is 0.688. The molecular weight excluding hydrogens is 286 g/mol. The summed E-state index contributed by atoms with van der Waals surface area (Å²) in [6.07, 6.45) is 0. The summed E-state index contributed by atoms with van der Waals surface area (Å²) in [5.41, 5.74) is 14.9. The third-order valence-electron chi connectivity index (χ3n) is 3.31. The van der Waals surface area contributed by atoms with Crippen LogP contribution < -0.4 is 21.3 Å². The Morgan fingerprint density at radius 2 is 1.57 bits per heavy atom. The topological polar surface area (TPSA) is 59.3 Å². The van der Waals surface area contributed by atoms with Gasteiger partial charge in [-0.1, -0.05) is 30.3 Å². The first-order chi connectivity index (χ1) is 11.3. The molecule has 0 saturated heterocycles. The van der Waals surface area contributed by atoms with Crippen molar-refractivity contribution in [1.29, 1.82) is 0 Å². The van der Waals surface area contributed by atoms with Gasteiger partial charge in [-0.15, -0.1) is 0 Å². The quantitative estimate of drug-likeness (QED) is 0.472. The summed E-state index contributed by atoms with van der Waals surface area (Å²) in [6, 6.07) is 25.3. The maximum atomic E-state index is 5.83. The summed E-state index contributed by atoms with van der Waals surface area (Å²) in [5.74, 6) is 1.57. The molecule has 0 bridgehead atoms. The van der Waals surface area contributed by atoms with Crippen LogP contribution in [0.1, 0.15) is 5.56 Å². The molecule has 0 aliphatic rings. The smallest absolute Gasteiger partial charge is 0.127 e. The zero-order valence-electron chi connectivity index (χ0n) is 12.7. The minimum atomic E-state index is 0.688. The van der Waals surface area contributed by atoms with E-state index >= 15 is 0 Å². The van der Waals surface area contributed by atoms with Gasteiger partial charge in [0.1, 0.15) is 11.5 Å². The molecule has 23 heavy (non-hydrogen) atoms. The van der Waals surface area contributed by atoms with Gasteiger partial charge in [0.15, 0.2) is 0 Å². The number of nitrogen functional groups attached to an aromatic ring is 1. The van der Waals surface area contributed by atoms with Crippen LogP contribution in [0, 0.1) is 0 Å². The summed E-state index contributed by atoms with van der Waals surface area (Å²) in [7, 11) is 0. The van der Waals surface area contributed by atoms with E-state index in [1.165, 1.54) is 0 Å². The van der Waals surface area contributed by atoms with Crippen LogP contribution in [0.5, 0.6) is 11.5 Å². The molecule has 0 aromatic heterocycles. The lowest BCUT2D eigenvalue weighted by Crippen LogP contribution is -2.20. The average molecular weight is 305 g/mol. The van der Waals surface area contributed by atoms with Crippen LogP contribution in [-0.2, 0) is 6.54 Å². The zero-order valence-corrected chi connectivity index (χ0v) is 12.7. The number of anilines is 2. The number of rotatable bonds is 6.